The Kier molecular flexibility index (Phi) is 1.68. The first-order chi connectivity index (χ1) is 6.02. The topological polar surface area (TPSA) is 63.3 Å². The molecule has 2 rings (SSSR count). The van der Waals surface area contributed by atoms with Gasteiger partial charge in [-0.1, -0.05) is 0 Å². The molecule has 0 saturated heterocycles. The molecular weight excluding hydrogens is 173 g/mol. The van der Waals surface area contributed by atoms with Gasteiger partial charge in [-0.3, -0.25) is 4.79 Å². The van der Waals surface area contributed by atoms with Gasteiger partial charge in [0.2, 0.25) is 0 Å². The van der Waals surface area contributed by atoms with Crippen molar-refractivity contribution >= 4 is 5.97 Å². The number of nitrogens with two attached hydrogens (primary N) is 1. The van der Waals surface area contributed by atoms with Crippen molar-refractivity contribution in [1.82, 2.24) is 0 Å². The molecule has 3 N–H and O–H groups in total. The average molecular weight is 187 g/mol. The number of hydrogen-bond acceptors (Lipinski definition) is 2. The molecule has 2 saturated carbocycles. The van der Waals surface area contributed by atoms with Crippen LogP contribution in [-0.2, 0) is 4.79 Å². The molecule has 0 aromatic carbocycles. The van der Waals surface area contributed by atoms with Crippen LogP contribution in [0.2, 0.25) is 0 Å². The molecule has 0 heterocycles. The van der Waals surface area contributed by atoms with E-state index in [1.165, 1.54) is 0 Å². The molecule has 0 aromatic rings. The van der Waals surface area contributed by atoms with Gasteiger partial charge in [0.15, 0.2) is 0 Å². The average Bonchev–Trinajstić information content (AvgIpc) is 1.92. The van der Waals surface area contributed by atoms with Crippen molar-refractivity contribution in [3.05, 3.63) is 0 Å². The van der Waals surface area contributed by atoms with E-state index in [1.54, 1.807) is 0 Å². The fourth-order valence-corrected chi connectivity index (χ4v) is 2.94. The molecule has 0 bridgehead atoms. The summed E-state index contributed by atoms with van der Waals surface area (Å²) in [6.07, 6.45) is 1.53. The molecule has 2 aliphatic rings. The molecule has 74 valence electrons. The minimum atomic E-state index is -0.817. The Bertz CT molecular complexity index is 240. The Hall–Kier alpha value is -0.640. The van der Waals surface area contributed by atoms with Gasteiger partial charge >= 0.3 is 5.97 Å². The summed E-state index contributed by atoms with van der Waals surface area (Å²) >= 11 is 0. The Morgan fingerprint density at radius 3 is 2.38 bits per heavy atom. The smallest absolute Gasteiger partial charge is 0.310 e. The zero-order chi connectivity index (χ0) is 9.69. The van der Waals surface area contributed by atoms with Gasteiger partial charge in [0, 0.05) is 6.54 Å². The van der Waals surface area contributed by atoms with Crippen LogP contribution in [-0.4, -0.2) is 23.8 Å². The maximum Gasteiger partial charge on any atom is 0.310 e. The maximum atomic E-state index is 12.6. The van der Waals surface area contributed by atoms with Gasteiger partial charge in [0.1, 0.15) is 6.17 Å². The van der Waals surface area contributed by atoms with Crippen LogP contribution in [0.15, 0.2) is 0 Å². The summed E-state index contributed by atoms with van der Waals surface area (Å²) in [5, 5.41) is 8.93. The molecule has 0 radical (unpaired) electrons. The third kappa shape index (κ3) is 1.08. The summed E-state index contributed by atoms with van der Waals surface area (Å²) in [7, 11) is 0. The number of hydrogen-bond donors (Lipinski definition) is 2. The highest BCUT2D eigenvalue weighted by Gasteiger charge is 2.63. The molecule has 0 atom stereocenters. The lowest BCUT2D eigenvalue weighted by Crippen LogP contribution is -2.60. The quantitative estimate of drug-likeness (QED) is 0.676. The monoisotopic (exact) mass is 187 g/mol. The molecule has 2 fully saturated rings. The molecular formula is C9H14FNO2. The lowest BCUT2D eigenvalue weighted by molar-refractivity contribution is -0.180. The molecule has 4 heteroatoms. The van der Waals surface area contributed by atoms with E-state index in [9.17, 15) is 9.18 Å². The first-order valence-electron chi connectivity index (χ1n) is 4.60. The van der Waals surface area contributed by atoms with Crippen LogP contribution in [0.1, 0.15) is 25.7 Å². The van der Waals surface area contributed by atoms with Crippen LogP contribution < -0.4 is 5.73 Å². The standard InChI is InChI=1S/C9H14FNO2/c10-6-1-8(2-6)3-9(4-8,5-11)7(12)13/h6H,1-5,11H2,(H,12,13). The SMILES string of the molecule is NCC1(C(=O)O)CC2(CC(F)C2)C1. The van der Waals surface area contributed by atoms with Crippen LogP contribution in [0.5, 0.6) is 0 Å². The predicted octanol–water partition coefficient (Wildman–Crippen LogP) is 0.928. The van der Waals surface area contributed by atoms with Crippen LogP contribution in [0.25, 0.3) is 0 Å². The van der Waals surface area contributed by atoms with Crippen molar-refractivity contribution in [2.45, 2.75) is 31.9 Å². The Balaban J connectivity index is 1.98. The van der Waals surface area contributed by atoms with E-state index < -0.39 is 17.6 Å². The van der Waals surface area contributed by atoms with Gasteiger partial charge in [0.25, 0.3) is 0 Å². The normalized spacial score (nSPS) is 48.3. The Morgan fingerprint density at radius 2 is 2.08 bits per heavy atom. The van der Waals surface area contributed by atoms with Gasteiger partial charge in [-0.2, -0.15) is 0 Å². The number of rotatable bonds is 2. The minimum Gasteiger partial charge on any atom is -0.481 e. The molecule has 0 unspecified atom stereocenters. The molecule has 0 aliphatic heterocycles. The second-order valence-electron chi connectivity index (χ2n) is 4.65. The number of carboxylic acids is 1. The summed E-state index contributed by atoms with van der Waals surface area (Å²) in [6.45, 7) is 0.182. The molecule has 13 heavy (non-hydrogen) atoms. The van der Waals surface area contributed by atoms with E-state index in [2.05, 4.69) is 0 Å². The van der Waals surface area contributed by atoms with Crippen molar-refractivity contribution in [1.29, 1.82) is 0 Å². The predicted molar refractivity (Wildman–Crippen MR) is 44.9 cm³/mol. The third-order valence-electron chi connectivity index (χ3n) is 3.58. The first kappa shape index (κ1) is 8.94. The van der Waals surface area contributed by atoms with Crippen molar-refractivity contribution in [3.8, 4) is 0 Å². The first-order valence-corrected chi connectivity index (χ1v) is 4.60. The van der Waals surface area contributed by atoms with Crippen LogP contribution in [0.3, 0.4) is 0 Å². The number of carbonyl (C=O) groups is 1. The fraction of sp³-hybridized carbons (Fsp3) is 0.889. The molecule has 0 amide bonds. The van der Waals surface area contributed by atoms with Crippen LogP contribution in [0, 0.1) is 10.8 Å². The van der Waals surface area contributed by atoms with Crippen molar-refractivity contribution in [2.75, 3.05) is 6.54 Å². The lowest BCUT2D eigenvalue weighted by atomic mass is 9.45. The van der Waals surface area contributed by atoms with E-state index in [0.717, 1.165) is 0 Å². The van der Waals surface area contributed by atoms with E-state index in [1.807, 2.05) is 0 Å². The highest BCUT2D eigenvalue weighted by atomic mass is 19.1. The van der Waals surface area contributed by atoms with Gasteiger partial charge in [-0.15, -0.1) is 0 Å². The zero-order valence-electron chi connectivity index (χ0n) is 7.42. The summed E-state index contributed by atoms with van der Waals surface area (Å²) in [4.78, 5) is 10.9. The second kappa shape index (κ2) is 2.44. The Labute approximate surface area is 76.1 Å². The summed E-state index contributed by atoms with van der Waals surface area (Å²) in [6, 6.07) is 0. The van der Waals surface area contributed by atoms with E-state index in [4.69, 9.17) is 10.8 Å². The second-order valence-corrected chi connectivity index (χ2v) is 4.65. The molecule has 2 aliphatic carbocycles. The number of carboxylic acid groups (broad SMARTS) is 1. The molecule has 1 spiro atoms. The van der Waals surface area contributed by atoms with Crippen molar-refractivity contribution in [2.24, 2.45) is 16.6 Å². The fourth-order valence-electron chi connectivity index (χ4n) is 2.94. The van der Waals surface area contributed by atoms with Gasteiger partial charge in [-0.05, 0) is 31.1 Å². The van der Waals surface area contributed by atoms with Crippen LogP contribution >= 0.6 is 0 Å². The molecule has 3 nitrogen and oxygen atoms in total. The molecule has 0 aromatic heterocycles. The largest absolute Gasteiger partial charge is 0.481 e. The summed E-state index contributed by atoms with van der Waals surface area (Å²) < 4.78 is 12.6. The van der Waals surface area contributed by atoms with Crippen LogP contribution in [0.4, 0.5) is 4.39 Å². The number of aliphatic carboxylic acids is 1. The van der Waals surface area contributed by atoms with E-state index in [0.29, 0.717) is 25.7 Å². The van der Waals surface area contributed by atoms with Crippen molar-refractivity contribution < 1.29 is 14.3 Å². The summed E-state index contributed by atoms with van der Waals surface area (Å²) in [5.74, 6) is -0.817. The number of halogens is 1. The van der Waals surface area contributed by atoms with E-state index >= 15 is 0 Å². The van der Waals surface area contributed by atoms with Gasteiger partial charge in [0.05, 0.1) is 5.41 Å². The zero-order valence-corrected chi connectivity index (χ0v) is 7.42. The minimum absolute atomic E-state index is 0.00280. The summed E-state index contributed by atoms with van der Waals surface area (Å²) in [5.41, 5.74) is 4.69. The van der Waals surface area contributed by atoms with Gasteiger partial charge in [-0.25, -0.2) is 4.39 Å². The highest BCUT2D eigenvalue weighted by Crippen LogP contribution is 2.64. The third-order valence-corrected chi connectivity index (χ3v) is 3.58. The maximum absolute atomic E-state index is 12.6. The number of alkyl halides is 1. The van der Waals surface area contributed by atoms with Crippen molar-refractivity contribution in [3.63, 3.8) is 0 Å². The van der Waals surface area contributed by atoms with E-state index in [-0.39, 0.29) is 12.0 Å². The highest BCUT2D eigenvalue weighted by molar-refractivity contribution is 5.76. The lowest BCUT2D eigenvalue weighted by Gasteiger charge is -2.59. The Morgan fingerprint density at radius 1 is 1.54 bits per heavy atom. The van der Waals surface area contributed by atoms with Gasteiger partial charge < -0.3 is 10.8 Å².